The van der Waals surface area contributed by atoms with E-state index in [0.717, 1.165) is 6.07 Å². The van der Waals surface area contributed by atoms with Crippen LogP contribution in [0.15, 0.2) is 34.9 Å². The second kappa shape index (κ2) is 5.78. The average Bonchev–Trinajstić information content (AvgIpc) is 2.73. The molecule has 7 heteroatoms. The van der Waals surface area contributed by atoms with Gasteiger partial charge in [0.25, 0.3) is 0 Å². The van der Waals surface area contributed by atoms with E-state index in [1.54, 1.807) is 13.0 Å². The van der Waals surface area contributed by atoms with Crippen LogP contribution in [0.4, 0.5) is 13.2 Å². The number of nitrogens with zero attached hydrogens (tertiary/aromatic N) is 1. The quantitative estimate of drug-likeness (QED) is 0.869. The molecule has 0 saturated carbocycles. The Kier molecular flexibility index (Phi) is 4.27. The Labute approximate surface area is 116 Å². The molecule has 108 valence electrons. The van der Waals surface area contributed by atoms with Gasteiger partial charge in [-0.3, -0.25) is 4.21 Å². The van der Waals surface area contributed by atoms with E-state index >= 15 is 0 Å². The molecule has 2 aromatic rings. The summed E-state index contributed by atoms with van der Waals surface area (Å²) in [5.41, 5.74) is -0.242. The second-order valence-electron chi connectivity index (χ2n) is 4.31. The van der Waals surface area contributed by atoms with Crippen LogP contribution in [-0.4, -0.2) is 9.37 Å². The first kappa shape index (κ1) is 14.8. The molecule has 1 aromatic carbocycles. The molecule has 20 heavy (non-hydrogen) atoms. The molecule has 2 rings (SSSR count). The minimum absolute atomic E-state index is 0.0264. The lowest BCUT2D eigenvalue weighted by Crippen LogP contribution is -2.11. The van der Waals surface area contributed by atoms with Gasteiger partial charge >= 0.3 is 6.18 Å². The maximum absolute atomic E-state index is 12.8. The van der Waals surface area contributed by atoms with E-state index in [9.17, 15) is 17.4 Å². The number of alkyl halides is 3. The van der Waals surface area contributed by atoms with Crippen molar-refractivity contribution in [1.82, 2.24) is 5.16 Å². The Morgan fingerprint density at radius 3 is 2.55 bits per heavy atom. The lowest BCUT2D eigenvalue weighted by Gasteiger charge is -2.11. The average molecular weight is 303 g/mol. The summed E-state index contributed by atoms with van der Waals surface area (Å²) >= 11 is 0. The van der Waals surface area contributed by atoms with Gasteiger partial charge in [-0.2, -0.15) is 13.2 Å². The SMILES string of the molecule is Cc1cc(CS(=O)Cc2ccccc2C(F)(F)F)no1. The number of hydrogen-bond acceptors (Lipinski definition) is 3. The van der Waals surface area contributed by atoms with Crippen LogP contribution in [-0.2, 0) is 28.5 Å². The standard InChI is InChI=1S/C13H12F3NO2S/c1-9-6-11(17-19-9)8-20(18)7-10-4-2-3-5-12(10)13(14,15)16/h2-6H,7-8H2,1H3. The van der Waals surface area contributed by atoms with Crippen LogP contribution in [0.2, 0.25) is 0 Å². The van der Waals surface area contributed by atoms with Crippen LogP contribution in [0.1, 0.15) is 22.6 Å². The number of benzene rings is 1. The summed E-state index contributed by atoms with van der Waals surface area (Å²) < 4.78 is 55.2. The minimum atomic E-state index is -4.44. The van der Waals surface area contributed by atoms with Gasteiger partial charge in [0.15, 0.2) is 0 Å². The van der Waals surface area contributed by atoms with Crippen molar-refractivity contribution in [2.45, 2.75) is 24.6 Å². The van der Waals surface area contributed by atoms with Crippen molar-refractivity contribution in [1.29, 1.82) is 0 Å². The number of hydrogen-bond donors (Lipinski definition) is 0. The van der Waals surface area contributed by atoms with Crippen molar-refractivity contribution in [3.05, 3.63) is 52.9 Å². The first-order valence-corrected chi connectivity index (χ1v) is 7.27. The molecular formula is C13H12F3NO2S. The van der Waals surface area contributed by atoms with Crippen LogP contribution in [0.3, 0.4) is 0 Å². The molecule has 0 radical (unpaired) electrons. The fourth-order valence-corrected chi connectivity index (χ4v) is 2.96. The molecule has 0 N–H and O–H groups in total. The number of aryl methyl sites for hydroxylation is 1. The normalized spacial score (nSPS) is 13.4. The Morgan fingerprint density at radius 2 is 1.95 bits per heavy atom. The van der Waals surface area contributed by atoms with E-state index in [0.29, 0.717) is 11.5 Å². The van der Waals surface area contributed by atoms with Gasteiger partial charge in [0, 0.05) is 22.6 Å². The first-order chi connectivity index (χ1) is 9.36. The van der Waals surface area contributed by atoms with Gasteiger partial charge in [0.1, 0.15) is 5.76 Å². The number of halogens is 3. The highest BCUT2D eigenvalue weighted by Crippen LogP contribution is 2.32. The first-order valence-electron chi connectivity index (χ1n) is 5.78. The highest BCUT2D eigenvalue weighted by Gasteiger charge is 2.33. The Bertz CT molecular complexity index is 622. The van der Waals surface area contributed by atoms with Crippen molar-refractivity contribution in [2.75, 3.05) is 0 Å². The molecule has 0 fully saturated rings. The zero-order chi connectivity index (χ0) is 14.8. The highest BCUT2D eigenvalue weighted by atomic mass is 32.2. The fourth-order valence-electron chi connectivity index (χ4n) is 1.80. The van der Waals surface area contributed by atoms with Crippen LogP contribution < -0.4 is 0 Å². The van der Waals surface area contributed by atoms with Crippen molar-refractivity contribution in [2.24, 2.45) is 0 Å². The van der Waals surface area contributed by atoms with E-state index < -0.39 is 22.5 Å². The molecular weight excluding hydrogens is 291 g/mol. The van der Waals surface area contributed by atoms with Crippen molar-refractivity contribution < 1.29 is 21.9 Å². The van der Waals surface area contributed by atoms with E-state index in [2.05, 4.69) is 5.16 Å². The lowest BCUT2D eigenvalue weighted by molar-refractivity contribution is -0.138. The third-order valence-corrected chi connectivity index (χ3v) is 3.88. The molecule has 0 aliphatic carbocycles. The molecule has 1 heterocycles. The minimum Gasteiger partial charge on any atom is -0.361 e. The molecule has 0 saturated heterocycles. The van der Waals surface area contributed by atoms with Gasteiger partial charge in [-0.1, -0.05) is 23.4 Å². The molecule has 0 bridgehead atoms. The maximum Gasteiger partial charge on any atom is 0.416 e. The molecule has 1 atom stereocenters. The molecule has 0 amide bonds. The van der Waals surface area contributed by atoms with Crippen molar-refractivity contribution in [3.63, 3.8) is 0 Å². The second-order valence-corrected chi connectivity index (χ2v) is 5.77. The van der Waals surface area contributed by atoms with Crippen LogP contribution >= 0.6 is 0 Å². The zero-order valence-corrected chi connectivity index (χ0v) is 11.4. The van der Waals surface area contributed by atoms with Gasteiger partial charge in [0.2, 0.25) is 0 Å². The smallest absolute Gasteiger partial charge is 0.361 e. The summed E-state index contributed by atoms with van der Waals surface area (Å²) in [6.07, 6.45) is -4.44. The third kappa shape index (κ3) is 3.69. The summed E-state index contributed by atoms with van der Waals surface area (Å²) in [6, 6.07) is 6.77. The van der Waals surface area contributed by atoms with Gasteiger partial charge in [-0.25, -0.2) is 0 Å². The topological polar surface area (TPSA) is 43.1 Å². The van der Waals surface area contributed by atoms with Gasteiger partial charge in [0.05, 0.1) is 17.0 Å². The summed E-state index contributed by atoms with van der Waals surface area (Å²) in [4.78, 5) is 0. The van der Waals surface area contributed by atoms with Crippen molar-refractivity contribution >= 4 is 10.8 Å². The van der Waals surface area contributed by atoms with Crippen molar-refractivity contribution in [3.8, 4) is 0 Å². The van der Waals surface area contributed by atoms with Gasteiger partial charge in [-0.15, -0.1) is 0 Å². The van der Waals surface area contributed by atoms with E-state index in [4.69, 9.17) is 4.52 Å². The zero-order valence-electron chi connectivity index (χ0n) is 10.6. The van der Waals surface area contributed by atoms with Crippen LogP contribution in [0, 0.1) is 6.92 Å². The predicted molar refractivity (Wildman–Crippen MR) is 68.2 cm³/mol. The van der Waals surface area contributed by atoms with Crippen LogP contribution in [0.25, 0.3) is 0 Å². The molecule has 1 aromatic heterocycles. The Morgan fingerprint density at radius 1 is 1.25 bits per heavy atom. The summed E-state index contributed by atoms with van der Waals surface area (Å²) in [6.45, 7) is 1.69. The van der Waals surface area contributed by atoms with Gasteiger partial charge < -0.3 is 4.52 Å². The molecule has 0 aliphatic heterocycles. The molecule has 1 unspecified atom stereocenters. The lowest BCUT2D eigenvalue weighted by atomic mass is 10.1. The van der Waals surface area contributed by atoms with E-state index in [-0.39, 0.29) is 17.1 Å². The number of aromatic nitrogens is 1. The molecule has 3 nitrogen and oxygen atoms in total. The highest BCUT2D eigenvalue weighted by molar-refractivity contribution is 7.83. The molecule has 0 aliphatic rings. The maximum atomic E-state index is 12.8. The van der Waals surface area contributed by atoms with E-state index in [1.165, 1.54) is 18.2 Å². The summed E-state index contributed by atoms with van der Waals surface area (Å²) in [5.74, 6) is 0.484. The summed E-state index contributed by atoms with van der Waals surface area (Å²) in [7, 11) is -1.48. The van der Waals surface area contributed by atoms with E-state index in [1.807, 2.05) is 0 Å². The Balaban J connectivity index is 2.12. The Hall–Kier alpha value is -1.63. The largest absolute Gasteiger partial charge is 0.416 e. The molecule has 0 spiro atoms. The predicted octanol–water partition coefficient (Wildman–Crippen LogP) is 3.45. The van der Waals surface area contributed by atoms with Gasteiger partial charge in [-0.05, 0) is 18.6 Å². The summed E-state index contributed by atoms with van der Waals surface area (Å²) in [5, 5.41) is 3.68. The monoisotopic (exact) mass is 303 g/mol. The van der Waals surface area contributed by atoms with Crippen LogP contribution in [0.5, 0.6) is 0 Å². The third-order valence-electron chi connectivity index (χ3n) is 2.62. The fraction of sp³-hybridized carbons (Fsp3) is 0.308. The number of rotatable bonds is 4.